The third kappa shape index (κ3) is 4.30. The van der Waals surface area contributed by atoms with Gasteiger partial charge in [0.05, 0.1) is 22.6 Å². The minimum atomic E-state index is -4.57. The van der Waals surface area contributed by atoms with Gasteiger partial charge in [-0.05, 0) is 36.8 Å². The van der Waals surface area contributed by atoms with E-state index in [2.05, 4.69) is 15.3 Å². The van der Waals surface area contributed by atoms with E-state index in [0.29, 0.717) is 11.0 Å². The summed E-state index contributed by atoms with van der Waals surface area (Å²) in [6, 6.07) is 9.41. The number of amides is 1. The van der Waals surface area contributed by atoms with E-state index in [0.717, 1.165) is 17.7 Å². The molecule has 3 rings (SSSR count). The van der Waals surface area contributed by atoms with Crippen LogP contribution in [-0.4, -0.2) is 22.5 Å². The summed E-state index contributed by atoms with van der Waals surface area (Å²) in [6.45, 7) is 1.16. The average Bonchev–Trinajstić information content (AvgIpc) is 2.98. The van der Waals surface area contributed by atoms with Crippen LogP contribution in [0.25, 0.3) is 11.0 Å². The van der Waals surface area contributed by atoms with Gasteiger partial charge in [0.25, 0.3) is 5.91 Å². The highest BCUT2D eigenvalue weighted by atomic mass is 19.4. The maximum absolute atomic E-state index is 12.9. The number of hydrogen-bond donors (Lipinski definition) is 3. The highest BCUT2D eigenvalue weighted by molar-refractivity contribution is 5.79. The molecule has 0 saturated carbocycles. The van der Waals surface area contributed by atoms with Crippen molar-refractivity contribution in [3.63, 3.8) is 0 Å². The topological polar surface area (TPSA) is 87.0 Å². The molecule has 142 valence electrons. The standard InChI is InChI=1S/C18H16F3N3O3/c1-10(11-6-7-13-14(8-11)24-17(26)23-13)22-16(25)9-27-15-5-3-2-4-12(15)18(19,20)21/h2-8,10H,9H2,1H3,(H,22,25)(H2,23,24,26). The summed E-state index contributed by atoms with van der Waals surface area (Å²) in [6.07, 6.45) is -4.57. The second kappa shape index (κ2) is 7.18. The van der Waals surface area contributed by atoms with E-state index in [4.69, 9.17) is 4.74 Å². The number of benzene rings is 2. The molecule has 3 aromatic rings. The van der Waals surface area contributed by atoms with Gasteiger partial charge in [-0.1, -0.05) is 18.2 Å². The van der Waals surface area contributed by atoms with Gasteiger partial charge >= 0.3 is 11.9 Å². The molecule has 9 heteroatoms. The second-order valence-corrected chi connectivity index (χ2v) is 5.96. The fourth-order valence-corrected chi connectivity index (χ4v) is 2.66. The Hall–Kier alpha value is -3.23. The molecule has 0 aliphatic rings. The minimum absolute atomic E-state index is 0.337. The summed E-state index contributed by atoms with van der Waals surface area (Å²) in [7, 11) is 0. The van der Waals surface area contributed by atoms with Crippen molar-refractivity contribution < 1.29 is 22.7 Å². The molecule has 1 heterocycles. The van der Waals surface area contributed by atoms with E-state index in [1.165, 1.54) is 12.1 Å². The second-order valence-electron chi connectivity index (χ2n) is 5.96. The summed E-state index contributed by atoms with van der Waals surface area (Å²) in [5.74, 6) is -0.971. The van der Waals surface area contributed by atoms with E-state index in [1.807, 2.05) is 0 Å². The lowest BCUT2D eigenvalue weighted by Gasteiger charge is -2.16. The highest BCUT2D eigenvalue weighted by Crippen LogP contribution is 2.35. The van der Waals surface area contributed by atoms with Crippen LogP contribution in [0.1, 0.15) is 24.1 Å². The molecule has 1 atom stereocenters. The number of fused-ring (bicyclic) bond motifs is 1. The lowest BCUT2D eigenvalue weighted by atomic mass is 10.1. The minimum Gasteiger partial charge on any atom is -0.483 e. The van der Waals surface area contributed by atoms with Crippen LogP contribution in [0.5, 0.6) is 5.75 Å². The average molecular weight is 379 g/mol. The van der Waals surface area contributed by atoms with Crippen molar-refractivity contribution in [1.29, 1.82) is 0 Å². The van der Waals surface area contributed by atoms with Crippen molar-refractivity contribution in [3.05, 3.63) is 64.1 Å². The lowest BCUT2D eigenvalue weighted by molar-refractivity contribution is -0.139. The molecule has 6 nitrogen and oxygen atoms in total. The van der Waals surface area contributed by atoms with Gasteiger partial charge in [-0.15, -0.1) is 0 Å². The first-order valence-corrected chi connectivity index (χ1v) is 8.04. The molecule has 0 fully saturated rings. The van der Waals surface area contributed by atoms with Gasteiger partial charge in [-0.25, -0.2) is 4.79 Å². The Bertz CT molecular complexity index is 1020. The van der Waals surface area contributed by atoms with Gasteiger partial charge in [0, 0.05) is 0 Å². The Morgan fingerprint density at radius 2 is 1.85 bits per heavy atom. The smallest absolute Gasteiger partial charge is 0.419 e. The Kier molecular flexibility index (Phi) is 4.93. The van der Waals surface area contributed by atoms with Crippen molar-refractivity contribution in [2.24, 2.45) is 0 Å². The van der Waals surface area contributed by atoms with Crippen LogP contribution >= 0.6 is 0 Å². The van der Waals surface area contributed by atoms with Crippen LogP contribution in [-0.2, 0) is 11.0 Å². The number of rotatable bonds is 5. The van der Waals surface area contributed by atoms with E-state index in [-0.39, 0.29) is 5.69 Å². The van der Waals surface area contributed by atoms with E-state index < -0.39 is 36.0 Å². The molecule has 1 aromatic heterocycles. The van der Waals surface area contributed by atoms with E-state index >= 15 is 0 Å². The molecule has 0 radical (unpaired) electrons. The zero-order chi connectivity index (χ0) is 19.6. The number of para-hydroxylation sites is 1. The SMILES string of the molecule is CC(NC(=O)COc1ccccc1C(F)(F)F)c1ccc2[nH]c(=O)[nH]c2c1. The molecule has 2 aromatic carbocycles. The Balaban J connectivity index is 1.64. The predicted molar refractivity (Wildman–Crippen MR) is 92.4 cm³/mol. The third-order valence-corrected chi connectivity index (χ3v) is 3.97. The van der Waals surface area contributed by atoms with Crippen molar-refractivity contribution >= 4 is 16.9 Å². The van der Waals surface area contributed by atoms with Gasteiger partial charge in [0.15, 0.2) is 6.61 Å². The zero-order valence-corrected chi connectivity index (χ0v) is 14.2. The molecule has 3 N–H and O–H groups in total. The maximum Gasteiger partial charge on any atom is 0.419 e. The molecule has 0 aliphatic carbocycles. The Morgan fingerprint density at radius 1 is 1.15 bits per heavy atom. The Morgan fingerprint density at radius 3 is 2.59 bits per heavy atom. The first-order valence-electron chi connectivity index (χ1n) is 8.04. The number of H-pyrrole nitrogens is 2. The van der Waals surface area contributed by atoms with Crippen molar-refractivity contribution in [1.82, 2.24) is 15.3 Å². The number of carbonyl (C=O) groups is 1. The van der Waals surface area contributed by atoms with Crippen LogP contribution in [0.2, 0.25) is 0 Å². The zero-order valence-electron chi connectivity index (χ0n) is 14.2. The predicted octanol–water partition coefficient (Wildman–Crippen LogP) is 3.13. The molecular weight excluding hydrogens is 363 g/mol. The molecular formula is C18H16F3N3O3. The molecule has 0 bridgehead atoms. The van der Waals surface area contributed by atoms with Crippen molar-refractivity contribution in [2.45, 2.75) is 19.1 Å². The van der Waals surface area contributed by atoms with Crippen molar-refractivity contribution in [2.75, 3.05) is 6.61 Å². The van der Waals surface area contributed by atoms with Crippen LogP contribution in [0.15, 0.2) is 47.3 Å². The molecule has 0 aliphatic heterocycles. The number of halogens is 3. The number of alkyl halides is 3. The number of ether oxygens (including phenoxy) is 1. The monoisotopic (exact) mass is 379 g/mol. The quantitative estimate of drug-likeness (QED) is 0.637. The van der Waals surface area contributed by atoms with Crippen LogP contribution in [0.4, 0.5) is 13.2 Å². The first-order chi connectivity index (χ1) is 12.7. The summed E-state index contributed by atoms with van der Waals surface area (Å²) in [5, 5.41) is 2.65. The van der Waals surface area contributed by atoms with Crippen LogP contribution in [0, 0.1) is 0 Å². The van der Waals surface area contributed by atoms with Crippen molar-refractivity contribution in [3.8, 4) is 5.75 Å². The normalized spacial score (nSPS) is 12.7. The molecule has 27 heavy (non-hydrogen) atoms. The fourth-order valence-electron chi connectivity index (χ4n) is 2.66. The summed E-state index contributed by atoms with van der Waals surface area (Å²) < 4.78 is 43.8. The fraction of sp³-hybridized carbons (Fsp3) is 0.222. The summed E-state index contributed by atoms with van der Waals surface area (Å²) in [4.78, 5) is 28.6. The van der Waals surface area contributed by atoms with Gasteiger partial charge < -0.3 is 20.0 Å². The molecule has 1 amide bonds. The van der Waals surface area contributed by atoms with Gasteiger partial charge in [-0.3, -0.25) is 4.79 Å². The number of hydrogen-bond acceptors (Lipinski definition) is 3. The lowest BCUT2D eigenvalue weighted by Crippen LogP contribution is -2.31. The largest absolute Gasteiger partial charge is 0.483 e. The number of imidazole rings is 1. The first kappa shape index (κ1) is 18.6. The molecule has 0 saturated heterocycles. The number of nitrogens with one attached hydrogen (secondary N) is 3. The highest BCUT2D eigenvalue weighted by Gasteiger charge is 2.34. The number of aromatic nitrogens is 2. The number of aromatic amines is 2. The van der Waals surface area contributed by atoms with Crippen LogP contribution in [0.3, 0.4) is 0 Å². The maximum atomic E-state index is 12.9. The van der Waals surface area contributed by atoms with E-state index in [9.17, 15) is 22.8 Å². The van der Waals surface area contributed by atoms with Crippen LogP contribution < -0.4 is 15.7 Å². The third-order valence-electron chi connectivity index (χ3n) is 3.97. The summed E-state index contributed by atoms with van der Waals surface area (Å²) in [5.41, 5.74) is 0.674. The molecule has 1 unspecified atom stereocenters. The van der Waals surface area contributed by atoms with Gasteiger partial charge in [0.1, 0.15) is 5.75 Å². The Labute approximate surface area is 151 Å². The molecule has 0 spiro atoms. The van der Waals surface area contributed by atoms with Gasteiger partial charge in [0.2, 0.25) is 0 Å². The number of carbonyl (C=O) groups excluding carboxylic acids is 1. The van der Waals surface area contributed by atoms with E-state index in [1.54, 1.807) is 25.1 Å². The summed E-state index contributed by atoms with van der Waals surface area (Å²) >= 11 is 0. The van der Waals surface area contributed by atoms with Gasteiger partial charge in [-0.2, -0.15) is 13.2 Å².